The van der Waals surface area contributed by atoms with E-state index in [4.69, 9.17) is 16.3 Å². The van der Waals surface area contributed by atoms with Gasteiger partial charge in [-0.3, -0.25) is 19.5 Å². The number of methoxy groups -OCH3 is 1. The van der Waals surface area contributed by atoms with Gasteiger partial charge in [-0.2, -0.15) is 0 Å². The number of ether oxygens (including phenoxy) is 1. The Bertz CT molecular complexity index is 1380. The van der Waals surface area contributed by atoms with Gasteiger partial charge in [-0.05, 0) is 54.1 Å². The minimum atomic E-state index is -0.457. The Morgan fingerprint density at radius 2 is 1.81 bits per heavy atom. The highest BCUT2D eigenvalue weighted by atomic mass is 35.5. The highest BCUT2D eigenvalue weighted by Crippen LogP contribution is 2.27. The summed E-state index contributed by atoms with van der Waals surface area (Å²) in [6.07, 6.45) is 3.41. The normalized spacial score (nSPS) is 11.2. The number of nitro groups is 1. The van der Waals surface area contributed by atoms with Gasteiger partial charge in [-0.1, -0.05) is 29.8 Å². The van der Waals surface area contributed by atoms with Crippen LogP contribution in [0.25, 0.3) is 28.7 Å². The van der Waals surface area contributed by atoms with Gasteiger partial charge in [0.25, 0.3) is 11.2 Å². The third-order valence-corrected chi connectivity index (χ3v) is 4.95. The fourth-order valence-electron chi connectivity index (χ4n) is 3.21. The zero-order valence-electron chi connectivity index (χ0n) is 16.4. The molecule has 1 heterocycles. The lowest BCUT2D eigenvalue weighted by Gasteiger charge is -2.15. The zero-order valence-corrected chi connectivity index (χ0v) is 17.1. The summed E-state index contributed by atoms with van der Waals surface area (Å²) in [6, 6.07) is 18.1. The lowest BCUT2D eigenvalue weighted by atomic mass is 10.2. The molecule has 7 nitrogen and oxygen atoms in total. The van der Waals surface area contributed by atoms with Crippen LogP contribution in [0.1, 0.15) is 11.4 Å². The molecule has 154 valence electrons. The largest absolute Gasteiger partial charge is 0.495 e. The smallest absolute Gasteiger partial charge is 0.269 e. The minimum Gasteiger partial charge on any atom is -0.495 e. The van der Waals surface area contributed by atoms with Crippen LogP contribution in [-0.2, 0) is 0 Å². The van der Waals surface area contributed by atoms with E-state index in [1.807, 2.05) is 6.07 Å². The number of halogens is 1. The number of fused-ring (bicyclic) bond motifs is 1. The summed E-state index contributed by atoms with van der Waals surface area (Å²) < 4.78 is 6.88. The van der Waals surface area contributed by atoms with E-state index in [-0.39, 0.29) is 11.2 Å². The summed E-state index contributed by atoms with van der Waals surface area (Å²) in [5.41, 5.74) is 1.46. The molecule has 0 N–H and O–H groups in total. The van der Waals surface area contributed by atoms with E-state index in [0.717, 1.165) is 5.56 Å². The number of rotatable bonds is 5. The van der Waals surface area contributed by atoms with Gasteiger partial charge in [0.2, 0.25) is 0 Å². The van der Waals surface area contributed by atoms with Gasteiger partial charge in [0.15, 0.2) is 0 Å². The highest BCUT2D eigenvalue weighted by Gasteiger charge is 2.15. The van der Waals surface area contributed by atoms with Crippen LogP contribution in [0.4, 0.5) is 5.69 Å². The van der Waals surface area contributed by atoms with Gasteiger partial charge in [0.05, 0.1) is 28.6 Å². The van der Waals surface area contributed by atoms with E-state index in [2.05, 4.69) is 4.98 Å². The molecule has 0 unspecified atom stereocenters. The fraction of sp³-hybridized carbons (Fsp3) is 0.0435. The Balaban J connectivity index is 1.92. The van der Waals surface area contributed by atoms with Crippen LogP contribution in [0.5, 0.6) is 5.75 Å². The number of nitrogens with zero attached hydrogens (tertiary/aromatic N) is 3. The first-order valence-electron chi connectivity index (χ1n) is 9.26. The van der Waals surface area contributed by atoms with E-state index in [1.165, 1.54) is 23.8 Å². The van der Waals surface area contributed by atoms with Gasteiger partial charge < -0.3 is 4.74 Å². The first-order chi connectivity index (χ1) is 15.0. The Kier molecular flexibility index (Phi) is 5.51. The number of aromatic nitrogens is 2. The average Bonchev–Trinajstić information content (AvgIpc) is 2.78. The Labute approximate surface area is 182 Å². The van der Waals surface area contributed by atoms with Crippen molar-refractivity contribution in [3.63, 3.8) is 0 Å². The topological polar surface area (TPSA) is 87.3 Å². The van der Waals surface area contributed by atoms with Crippen molar-refractivity contribution in [3.8, 4) is 11.4 Å². The van der Waals surface area contributed by atoms with E-state index in [0.29, 0.717) is 33.2 Å². The maximum atomic E-state index is 13.4. The van der Waals surface area contributed by atoms with Crippen molar-refractivity contribution in [3.05, 3.63) is 104 Å². The minimum absolute atomic E-state index is 0.00144. The molecular weight excluding hydrogens is 418 g/mol. The Morgan fingerprint density at radius 1 is 1.06 bits per heavy atom. The number of para-hydroxylation sites is 1. The molecule has 3 aromatic carbocycles. The molecule has 8 heteroatoms. The number of benzene rings is 3. The fourth-order valence-corrected chi connectivity index (χ4v) is 3.38. The van der Waals surface area contributed by atoms with Crippen LogP contribution in [0.15, 0.2) is 71.5 Å². The summed E-state index contributed by atoms with van der Waals surface area (Å²) in [5, 5.41) is 11.8. The predicted molar refractivity (Wildman–Crippen MR) is 121 cm³/mol. The van der Waals surface area contributed by atoms with Crippen LogP contribution in [0.2, 0.25) is 5.02 Å². The maximum absolute atomic E-state index is 13.4. The van der Waals surface area contributed by atoms with Crippen LogP contribution in [0, 0.1) is 10.1 Å². The van der Waals surface area contributed by atoms with Gasteiger partial charge in [-0.15, -0.1) is 0 Å². The second-order valence-corrected chi connectivity index (χ2v) is 7.06. The highest BCUT2D eigenvalue weighted by molar-refractivity contribution is 6.30. The van der Waals surface area contributed by atoms with Crippen molar-refractivity contribution >= 4 is 40.3 Å². The molecule has 0 aliphatic rings. The Morgan fingerprint density at radius 3 is 2.52 bits per heavy atom. The molecule has 0 radical (unpaired) electrons. The molecule has 0 bridgehead atoms. The zero-order chi connectivity index (χ0) is 22.0. The molecular formula is C23H16ClN3O4. The maximum Gasteiger partial charge on any atom is 0.269 e. The SMILES string of the molecule is COc1ccc(Cl)cc1-n1c(/C=C/c2ccc([N+](=O)[O-])cc2)nc2ccccc2c1=O. The quantitative estimate of drug-likeness (QED) is 0.322. The van der Waals surface area contributed by atoms with Gasteiger partial charge in [0.1, 0.15) is 11.6 Å². The lowest BCUT2D eigenvalue weighted by molar-refractivity contribution is -0.384. The second kappa shape index (κ2) is 8.41. The third-order valence-electron chi connectivity index (χ3n) is 4.71. The first kappa shape index (κ1) is 20.3. The van der Waals surface area contributed by atoms with Gasteiger partial charge in [0, 0.05) is 17.2 Å². The number of non-ortho nitro benzene ring substituents is 1. The summed E-state index contributed by atoms with van der Waals surface area (Å²) >= 11 is 6.20. The van der Waals surface area contributed by atoms with E-state index >= 15 is 0 Å². The molecule has 0 atom stereocenters. The van der Waals surface area contributed by atoms with E-state index in [1.54, 1.807) is 60.7 Å². The Hall–Kier alpha value is -3.97. The lowest BCUT2D eigenvalue weighted by Crippen LogP contribution is -2.22. The summed E-state index contributed by atoms with van der Waals surface area (Å²) in [5.74, 6) is 0.830. The summed E-state index contributed by atoms with van der Waals surface area (Å²) in [7, 11) is 1.51. The standard InChI is InChI=1S/C23H16ClN3O4/c1-31-21-12-9-16(24)14-20(21)26-22(25-19-5-3-2-4-18(19)23(26)28)13-8-15-6-10-17(11-7-15)27(29)30/h2-14H,1H3/b13-8+. The predicted octanol–water partition coefficient (Wildman–Crippen LogP) is 5.13. The first-order valence-corrected chi connectivity index (χ1v) is 9.64. The molecule has 0 amide bonds. The second-order valence-electron chi connectivity index (χ2n) is 6.63. The monoisotopic (exact) mass is 433 g/mol. The average molecular weight is 434 g/mol. The van der Waals surface area contributed by atoms with Crippen LogP contribution < -0.4 is 10.3 Å². The van der Waals surface area contributed by atoms with Crippen LogP contribution >= 0.6 is 11.6 Å². The summed E-state index contributed by atoms with van der Waals surface area (Å²) in [4.78, 5) is 28.4. The van der Waals surface area contributed by atoms with Crippen LogP contribution in [-0.4, -0.2) is 21.6 Å². The molecule has 0 aliphatic heterocycles. The van der Waals surface area contributed by atoms with Gasteiger partial charge in [-0.25, -0.2) is 4.98 Å². The third kappa shape index (κ3) is 4.04. The molecule has 1 aromatic heterocycles. The van der Waals surface area contributed by atoms with Crippen molar-refractivity contribution in [2.45, 2.75) is 0 Å². The molecule has 0 spiro atoms. The molecule has 4 aromatic rings. The van der Waals surface area contributed by atoms with Crippen molar-refractivity contribution in [2.24, 2.45) is 0 Å². The number of hydrogen-bond acceptors (Lipinski definition) is 5. The van der Waals surface area contributed by atoms with Crippen molar-refractivity contribution in [1.29, 1.82) is 0 Å². The van der Waals surface area contributed by atoms with E-state index in [9.17, 15) is 14.9 Å². The molecule has 4 rings (SSSR count). The van der Waals surface area contributed by atoms with Crippen LogP contribution in [0.3, 0.4) is 0 Å². The van der Waals surface area contributed by atoms with E-state index < -0.39 is 4.92 Å². The molecule has 0 saturated carbocycles. The molecule has 0 saturated heterocycles. The molecule has 0 fully saturated rings. The number of hydrogen-bond donors (Lipinski definition) is 0. The summed E-state index contributed by atoms with van der Waals surface area (Å²) in [6.45, 7) is 0. The molecule has 31 heavy (non-hydrogen) atoms. The van der Waals surface area contributed by atoms with Gasteiger partial charge >= 0.3 is 0 Å². The van der Waals surface area contributed by atoms with Crippen molar-refractivity contribution in [1.82, 2.24) is 9.55 Å². The molecule has 0 aliphatic carbocycles. The van der Waals surface area contributed by atoms with Crippen molar-refractivity contribution in [2.75, 3.05) is 7.11 Å². The number of nitro benzene ring substituents is 1. The van der Waals surface area contributed by atoms with Crippen molar-refractivity contribution < 1.29 is 9.66 Å².